The van der Waals surface area contributed by atoms with Crippen LogP contribution in [0.15, 0.2) is 30.5 Å². The van der Waals surface area contributed by atoms with Crippen molar-refractivity contribution in [2.45, 2.75) is 38.1 Å². The first-order valence-corrected chi connectivity index (χ1v) is 8.13. The van der Waals surface area contributed by atoms with E-state index in [0.717, 1.165) is 23.0 Å². The molecule has 6 nitrogen and oxygen atoms in total. The molecule has 0 atom stereocenters. The number of fused-ring (bicyclic) bond motifs is 1. The molecule has 1 fully saturated rings. The van der Waals surface area contributed by atoms with E-state index >= 15 is 0 Å². The molecule has 2 aromatic rings. The van der Waals surface area contributed by atoms with Crippen LogP contribution < -0.4 is 20.1 Å². The van der Waals surface area contributed by atoms with Crippen molar-refractivity contribution in [1.29, 1.82) is 0 Å². The highest BCUT2D eigenvalue weighted by atomic mass is 16.7. The molecule has 1 aliphatic heterocycles. The average molecular weight is 312 g/mol. The Hall–Kier alpha value is -2.50. The third kappa shape index (κ3) is 3.31. The maximum atomic E-state index is 5.39. The molecule has 0 unspecified atom stereocenters. The molecule has 0 spiro atoms. The van der Waals surface area contributed by atoms with Crippen molar-refractivity contribution in [3.05, 3.63) is 30.5 Å². The van der Waals surface area contributed by atoms with Crippen molar-refractivity contribution in [2.24, 2.45) is 0 Å². The van der Waals surface area contributed by atoms with E-state index in [1.165, 1.54) is 32.1 Å². The zero-order chi connectivity index (χ0) is 15.5. The Bertz CT molecular complexity index is 686. The molecule has 1 saturated carbocycles. The highest BCUT2D eigenvalue weighted by Gasteiger charge is 2.15. The summed E-state index contributed by atoms with van der Waals surface area (Å²) in [7, 11) is 0. The average Bonchev–Trinajstić information content (AvgIpc) is 3.04. The minimum absolute atomic E-state index is 0.274. The monoisotopic (exact) mass is 312 g/mol. The molecule has 2 heterocycles. The molecule has 23 heavy (non-hydrogen) atoms. The zero-order valence-corrected chi connectivity index (χ0v) is 12.9. The van der Waals surface area contributed by atoms with E-state index in [4.69, 9.17) is 9.47 Å². The molecule has 1 aromatic heterocycles. The van der Waals surface area contributed by atoms with E-state index in [0.29, 0.717) is 12.0 Å². The van der Waals surface area contributed by atoms with Gasteiger partial charge in [-0.25, -0.2) is 4.98 Å². The SMILES string of the molecule is c1cc(NC2CCCCC2)nc(Nc2ccc3c(c2)OCO3)n1. The Morgan fingerprint density at radius 2 is 1.87 bits per heavy atom. The number of aromatic nitrogens is 2. The van der Waals surface area contributed by atoms with Gasteiger partial charge in [-0.05, 0) is 31.0 Å². The van der Waals surface area contributed by atoms with Crippen molar-refractivity contribution in [1.82, 2.24) is 9.97 Å². The van der Waals surface area contributed by atoms with Crippen molar-refractivity contribution >= 4 is 17.5 Å². The summed E-state index contributed by atoms with van der Waals surface area (Å²) in [5.74, 6) is 2.95. The van der Waals surface area contributed by atoms with Crippen LogP contribution in [-0.2, 0) is 0 Å². The minimum atomic E-state index is 0.274. The van der Waals surface area contributed by atoms with Crippen molar-refractivity contribution in [2.75, 3.05) is 17.4 Å². The lowest BCUT2D eigenvalue weighted by molar-refractivity contribution is 0.174. The second kappa shape index (κ2) is 6.32. The Morgan fingerprint density at radius 3 is 2.78 bits per heavy atom. The predicted molar refractivity (Wildman–Crippen MR) is 88.4 cm³/mol. The second-order valence-corrected chi connectivity index (χ2v) is 5.94. The summed E-state index contributed by atoms with van der Waals surface area (Å²) in [4.78, 5) is 8.84. The summed E-state index contributed by atoms with van der Waals surface area (Å²) in [6.45, 7) is 0.274. The standard InChI is InChI=1S/C17H20N4O2/c1-2-4-12(5-3-1)19-16-8-9-18-17(21-16)20-13-6-7-14-15(10-13)23-11-22-14/h6-10,12H,1-5,11H2,(H2,18,19,20,21). The van der Waals surface area contributed by atoms with Gasteiger partial charge in [0.25, 0.3) is 0 Å². The third-order valence-corrected chi connectivity index (χ3v) is 4.24. The number of hydrogen-bond acceptors (Lipinski definition) is 6. The second-order valence-electron chi connectivity index (χ2n) is 5.94. The molecule has 120 valence electrons. The van der Waals surface area contributed by atoms with E-state index in [-0.39, 0.29) is 6.79 Å². The van der Waals surface area contributed by atoms with Crippen LogP contribution in [0.2, 0.25) is 0 Å². The quantitative estimate of drug-likeness (QED) is 0.897. The Labute approximate surface area is 135 Å². The van der Waals surface area contributed by atoms with Crippen LogP contribution in [0, 0.1) is 0 Å². The Kier molecular flexibility index (Phi) is 3.88. The maximum absolute atomic E-state index is 5.39. The summed E-state index contributed by atoms with van der Waals surface area (Å²) in [6, 6.07) is 8.15. The van der Waals surface area contributed by atoms with Crippen LogP contribution in [0.4, 0.5) is 17.5 Å². The number of nitrogens with one attached hydrogen (secondary N) is 2. The molecular formula is C17H20N4O2. The fourth-order valence-electron chi connectivity index (χ4n) is 3.06. The Balaban J connectivity index is 1.45. The number of ether oxygens (including phenoxy) is 2. The normalized spacial score (nSPS) is 17.0. The number of rotatable bonds is 4. The lowest BCUT2D eigenvalue weighted by atomic mass is 9.95. The van der Waals surface area contributed by atoms with Gasteiger partial charge in [0.15, 0.2) is 11.5 Å². The number of nitrogens with zero attached hydrogens (tertiary/aromatic N) is 2. The van der Waals surface area contributed by atoms with Gasteiger partial charge >= 0.3 is 0 Å². The minimum Gasteiger partial charge on any atom is -0.454 e. The van der Waals surface area contributed by atoms with Crippen LogP contribution >= 0.6 is 0 Å². The van der Waals surface area contributed by atoms with Crippen LogP contribution in [0.25, 0.3) is 0 Å². The van der Waals surface area contributed by atoms with Crippen LogP contribution in [0.5, 0.6) is 11.5 Å². The van der Waals surface area contributed by atoms with Gasteiger partial charge in [0.2, 0.25) is 12.7 Å². The topological polar surface area (TPSA) is 68.3 Å². The number of benzene rings is 1. The first-order chi connectivity index (χ1) is 11.4. The first-order valence-electron chi connectivity index (χ1n) is 8.13. The third-order valence-electron chi connectivity index (χ3n) is 4.24. The predicted octanol–water partition coefficient (Wildman–Crippen LogP) is 3.69. The number of hydrogen-bond donors (Lipinski definition) is 2. The molecular weight excluding hydrogens is 292 g/mol. The van der Waals surface area contributed by atoms with Crippen LogP contribution in [-0.4, -0.2) is 22.8 Å². The highest BCUT2D eigenvalue weighted by Crippen LogP contribution is 2.34. The molecule has 0 radical (unpaired) electrons. The fraction of sp³-hybridized carbons (Fsp3) is 0.412. The molecule has 0 bridgehead atoms. The first kappa shape index (κ1) is 14.1. The molecule has 6 heteroatoms. The van der Waals surface area contributed by atoms with Gasteiger partial charge in [-0.3, -0.25) is 0 Å². The lowest BCUT2D eigenvalue weighted by Crippen LogP contribution is -2.22. The fourth-order valence-corrected chi connectivity index (χ4v) is 3.06. The van der Waals surface area contributed by atoms with Crippen LogP contribution in [0.1, 0.15) is 32.1 Å². The summed E-state index contributed by atoms with van der Waals surface area (Å²) >= 11 is 0. The van der Waals surface area contributed by atoms with E-state index in [1.54, 1.807) is 6.20 Å². The molecule has 2 aliphatic rings. The van der Waals surface area contributed by atoms with Crippen LogP contribution in [0.3, 0.4) is 0 Å². The largest absolute Gasteiger partial charge is 0.454 e. The molecule has 2 N–H and O–H groups in total. The van der Waals surface area contributed by atoms with E-state index in [9.17, 15) is 0 Å². The smallest absolute Gasteiger partial charge is 0.231 e. The van der Waals surface area contributed by atoms with Gasteiger partial charge in [0.05, 0.1) is 0 Å². The van der Waals surface area contributed by atoms with E-state index in [1.807, 2.05) is 24.3 Å². The molecule has 0 saturated heterocycles. The van der Waals surface area contributed by atoms with Gasteiger partial charge < -0.3 is 20.1 Å². The van der Waals surface area contributed by atoms with E-state index < -0.39 is 0 Å². The van der Waals surface area contributed by atoms with Crippen molar-refractivity contribution < 1.29 is 9.47 Å². The van der Waals surface area contributed by atoms with Crippen molar-refractivity contribution in [3.8, 4) is 11.5 Å². The van der Waals surface area contributed by atoms with E-state index in [2.05, 4.69) is 20.6 Å². The zero-order valence-electron chi connectivity index (χ0n) is 12.9. The van der Waals surface area contributed by atoms with Gasteiger partial charge in [-0.1, -0.05) is 19.3 Å². The van der Waals surface area contributed by atoms with Gasteiger partial charge in [-0.2, -0.15) is 4.98 Å². The maximum Gasteiger partial charge on any atom is 0.231 e. The molecule has 0 amide bonds. The van der Waals surface area contributed by atoms with Crippen molar-refractivity contribution in [3.63, 3.8) is 0 Å². The molecule has 1 aromatic carbocycles. The van der Waals surface area contributed by atoms with Gasteiger partial charge in [0, 0.05) is 24.0 Å². The Morgan fingerprint density at radius 1 is 1.00 bits per heavy atom. The highest BCUT2D eigenvalue weighted by molar-refractivity contribution is 5.61. The van der Waals surface area contributed by atoms with Gasteiger partial charge in [0.1, 0.15) is 5.82 Å². The summed E-state index contributed by atoms with van der Waals surface area (Å²) in [6.07, 6.45) is 8.15. The summed E-state index contributed by atoms with van der Waals surface area (Å²) < 4.78 is 10.7. The lowest BCUT2D eigenvalue weighted by Gasteiger charge is -2.23. The summed E-state index contributed by atoms with van der Waals surface area (Å²) in [5, 5.41) is 6.73. The summed E-state index contributed by atoms with van der Waals surface area (Å²) in [5.41, 5.74) is 0.879. The van der Waals surface area contributed by atoms with Gasteiger partial charge in [-0.15, -0.1) is 0 Å². The molecule has 1 aliphatic carbocycles. The number of anilines is 3. The molecule has 4 rings (SSSR count).